The molecule has 0 saturated carbocycles. The molecule has 108 valence electrons. The maximum atomic E-state index is 11.5. The highest BCUT2D eigenvalue weighted by Gasteiger charge is 2.07. The molecule has 0 aliphatic carbocycles. The Labute approximate surface area is 121 Å². The molecule has 0 aromatic carbocycles. The standard InChI is InChI=1S/C16H22N2O2/c1-5-11-17(15(19)7-3)13-9-10-14-18(12-6-2)16(20)8-4/h5-10H,1-4,11-14H2/b10-9+. The Kier molecular flexibility index (Phi) is 9.31. The minimum absolute atomic E-state index is 0.153. The molecule has 0 unspecified atom stereocenters. The maximum Gasteiger partial charge on any atom is 0.246 e. The predicted octanol–water partition coefficient (Wildman–Crippen LogP) is 1.94. The van der Waals surface area contributed by atoms with Crippen LogP contribution < -0.4 is 0 Å². The number of nitrogens with zero attached hydrogens (tertiary/aromatic N) is 2. The highest BCUT2D eigenvalue weighted by molar-refractivity contribution is 5.87. The highest BCUT2D eigenvalue weighted by Crippen LogP contribution is 1.95. The van der Waals surface area contributed by atoms with Gasteiger partial charge < -0.3 is 9.80 Å². The summed E-state index contributed by atoms with van der Waals surface area (Å²) in [7, 11) is 0. The Morgan fingerprint density at radius 3 is 1.30 bits per heavy atom. The Bertz CT molecular complexity index is 373. The average molecular weight is 274 g/mol. The zero-order valence-electron chi connectivity index (χ0n) is 11.8. The summed E-state index contributed by atoms with van der Waals surface area (Å²) < 4.78 is 0. The normalized spacial score (nSPS) is 9.80. The van der Waals surface area contributed by atoms with Crippen LogP contribution in [0.1, 0.15) is 0 Å². The van der Waals surface area contributed by atoms with E-state index in [0.717, 1.165) is 0 Å². The van der Waals surface area contributed by atoms with Gasteiger partial charge in [-0.25, -0.2) is 0 Å². The first-order chi connectivity index (χ1) is 9.60. The van der Waals surface area contributed by atoms with Crippen molar-refractivity contribution in [3.8, 4) is 0 Å². The lowest BCUT2D eigenvalue weighted by Gasteiger charge is -2.18. The van der Waals surface area contributed by atoms with Crippen LogP contribution >= 0.6 is 0 Å². The molecule has 0 bridgehead atoms. The van der Waals surface area contributed by atoms with Crippen molar-refractivity contribution in [2.45, 2.75) is 0 Å². The fourth-order valence-corrected chi connectivity index (χ4v) is 1.48. The Morgan fingerprint density at radius 1 is 0.700 bits per heavy atom. The summed E-state index contributed by atoms with van der Waals surface area (Å²) in [6, 6.07) is 0. The zero-order chi connectivity index (χ0) is 15.4. The summed E-state index contributed by atoms with van der Waals surface area (Å²) in [4.78, 5) is 26.2. The van der Waals surface area contributed by atoms with Crippen LogP contribution in [0.15, 0.2) is 62.8 Å². The van der Waals surface area contributed by atoms with E-state index >= 15 is 0 Å². The number of carbonyl (C=O) groups excluding carboxylic acids is 2. The molecular formula is C16H22N2O2. The topological polar surface area (TPSA) is 40.6 Å². The monoisotopic (exact) mass is 274 g/mol. The van der Waals surface area contributed by atoms with Gasteiger partial charge in [0.2, 0.25) is 11.8 Å². The summed E-state index contributed by atoms with van der Waals surface area (Å²) in [5.41, 5.74) is 0. The minimum atomic E-state index is -0.153. The van der Waals surface area contributed by atoms with E-state index in [1.54, 1.807) is 22.0 Å². The first-order valence-corrected chi connectivity index (χ1v) is 6.30. The largest absolute Gasteiger partial charge is 0.332 e. The van der Waals surface area contributed by atoms with E-state index in [9.17, 15) is 9.59 Å². The molecule has 0 aliphatic heterocycles. The van der Waals surface area contributed by atoms with Gasteiger partial charge in [-0.3, -0.25) is 9.59 Å². The van der Waals surface area contributed by atoms with Gasteiger partial charge in [0.1, 0.15) is 0 Å². The van der Waals surface area contributed by atoms with Crippen LogP contribution in [0.25, 0.3) is 0 Å². The molecule has 0 saturated heterocycles. The second kappa shape index (κ2) is 10.6. The number of amides is 2. The van der Waals surface area contributed by atoms with Crippen LogP contribution in [0.4, 0.5) is 0 Å². The third kappa shape index (κ3) is 6.54. The van der Waals surface area contributed by atoms with Gasteiger partial charge in [-0.05, 0) is 12.2 Å². The molecule has 4 nitrogen and oxygen atoms in total. The molecule has 2 amide bonds. The van der Waals surface area contributed by atoms with Crippen molar-refractivity contribution in [2.75, 3.05) is 26.2 Å². The van der Waals surface area contributed by atoms with Gasteiger partial charge in [-0.2, -0.15) is 0 Å². The Hall–Kier alpha value is -2.36. The summed E-state index contributed by atoms with van der Waals surface area (Å²) in [6.45, 7) is 15.9. The third-order valence-corrected chi connectivity index (χ3v) is 2.49. The van der Waals surface area contributed by atoms with Gasteiger partial charge in [0.15, 0.2) is 0 Å². The van der Waals surface area contributed by atoms with Crippen LogP contribution in [-0.4, -0.2) is 47.8 Å². The molecule has 0 aliphatic rings. The Balaban J connectivity index is 4.45. The van der Waals surface area contributed by atoms with E-state index in [-0.39, 0.29) is 11.8 Å². The SMILES string of the molecule is C=CCN(C/C=C/CN(CC=C)C(=O)C=C)C(=O)C=C. The van der Waals surface area contributed by atoms with E-state index in [1.807, 2.05) is 12.2 Å². The summed E-state index contributed by atoms with van der Waals surface area (Å²) in [6.07, 6.45) is 9.50. The smallest absolute Gasteiger partial charge is 0.246 e. The van der Waals surface area contributed by atoms with Crippen molar-refractivity contribution >= 4 is 11.8 Å². The van der Waals surface area contributed by atoms with Gasteiger partial charge in [-0.15, -0.1) is 13.2 Å². The lowest BCUT2D eigenvalue weighted by atomic mass is 10.3. The molecule has 4 heteroatoms. The fourth-order valence-electron chi connectivity index (χ4n) is 1.48. The van der Waals surface area contributed by atoms with Gasteiger partial charge in [0.25, 0.3) is 0 Å². The van der Waals surface area contributed by atoms with E-state index in [1.165, 1.54) is 12.2 Å². The van der Waals surface area contributed by atoms with E-state index in [0.29, 0.717) is 26.2 Å². The molecule has 0 rings (SSSR count). The van der Waals surface area contributed by atoms with Gasteiger partial charge in [0.05, 0.1) is 0 Å². The third-order valence-electron chi connectivity index (χ3n) is 2.49. The molecule has 0 spiro atoms. The van der Waals surface area contributed by atoms with E-state index < -0.39 is 0 Å². The quantitative estimate of drug-likeness (QED) is 0.451. The molecule has 0 aromatic rings. The predicted molar refractivity (Wildman–Crippen MR) is 83.1 cm³/mol. The number of hydrogen-bond donors (Lipinski definition) is 0. The molecule has 0 radical (unpaired) electrons. The van der Waals surface area contributed by atoms with Crippen molar-refractivity contribution in [1.82, 2.24) is 9.80 Å². The van der Waals surface area contributed by atoms with Crippen molar-refractivity contribution in [2.24, 2.45) is 0 Å². The van der Waals surface area contributed by atoms with Crippen molar-refractivity contribution < 1.29 is 9.59 Å². The zero-order valence-corrected chi connectivity index (χ0v) is 11.8. The van der Waals surface area contributed by atoms with Crippen LogP contribution in [0, 0.1) is 0 Å². The lowest BCUT2D eigenvalue weighted by Crippen LogP contribution is -2.31. The maximum absolute atomic E-state index is 11.5. The summed E-state index contributed by atoms with van der Waals surface area (Å²) in [5.74, 6) is -0.306. The van der Waals surface area contributed by atoms with E-state index in [4.69, 9.17) is 0 Å². The highest BCUT2D eigenvalue weighted by atomic mass is 16.2. The Morgan fingerprint density at radius 2 is 1.05 bits per heavy atom. The number of hydrogen-bond acceptors (Lipinski definition) is 2. The minimum Gasteiger partial charge on any atom is -0.332 e. The molecular weight excluding hydrogens is 252 g/mol. The van der Waals surface area contributed by atoms with Gasteiger partial charge in [-0.1, -0.05) is 37.5 Å². The molecule has 0 aromatic heterocycles. The number of carbonyl (C=O) groups is 2. The molecule has 20 heavy (non-hydrogen) atoms. The molecule has 0 heterocycles. The van der Waals surface area contributed by atoms with Crippen molar-refractivity contribution in [3.05, 3.63) is 62.8 Å². The number of rotatable bonds is 10. The fraction of sp³-hybridized carbons (Fsp3) is 0.250. The van der Waals surface area contributed by atoms with Crippen LogP contribution in [0.3, 0.4) is 0 Å². The molecule has 0 fully saturated rings. The molecule has 0 N–H and O–H groups in total. The van der Waals surface area contributed by atoms with Crippen LogP contribution in [-0.2, 0) is 9.59 Å². The van der Waals surface area contributed by atoms with Gasteiger partial charge >= 0.3 is 0 Å². The second-order valence-corrected chi connectivity index (χ2v) is 3.94. The lowest BCUT2D eigenvalue weighted by molar-refractivity contribution is -0.126. The van der Waals surface area contributed by atoms with E-state index in [2.05, 4.69) is 26.3 Å². The average Bonchev–Trinajstić information content (AvgIpc) is 2.47. The van der Waals surface area contributed by atoms with Crippen LogP contribution in [0.2, 0.25) is 0 Å². The van der Waals surface area contributed by atoms with Crippen molar-refractivity contribution in [1.29, 1.82) is 0 Å². The van der Waals surface area contributed by atoms with Crippen LogP contribution in [0.5, 0.6) is 0 Å². The first-order valence-electron chi connectivity index (χ1n) is 6.30. The summed E-state index contributed by atoms with van der Waals surface area (Å²) >= 11 is 0. The second-order valence-electron chi connectivity index (χ2n) is 3.94. The van der Waals surface area contributed by atoms with Crippen molar-refractivity contribution in [3.63, 3.8) is 0 Å². The first kappa shape index (κ1) is 17.6. The molecule has 0 atom stereocenters. The summed E-state index contributed by atoms with van der Waals surface area (Å²) in [5, 5.41) is 0. The van der Waals surface area contributed by atoms with Gasteiger partial charge in [0, 0.05) is 26.2 Å².